The van der Waals surface area contributed by atoms with E-state index < -0.39 is 0 Å². The zero-order valence-electron chi connectivity index (χ0n) is 14.5. The number of methoxy groups -OCH3 is 1. The van der Waals surface area contributed by atoms with Gasteiger partial charge >= 0.3 is 0 Å². The Balaban J connectivity index is 2.21. The number of ether oxygens (including phenoxy) is 1. The summed E-state index contributed by atoms with van der Waals surface area (Å²) in [7, 11) is 1.83. The van der Waals surface area contributed by atoms with Crippen LogP contribution in [0.5, 0.6) is 0 Å². The monoisotopic (exact) mass is 300 g/mol. The van der Waals surface area contributed by atoms with Crippen molar-refractivity contribution in [2.45, 2.75) is 64.5 Å². The molecular weight excluding hydrogens is 264 g/mol. The van der Waals surface area contributed by atoms with E-state index in [1.807, 2.05) is 7.11 Å². The summed E-state index contributed by atoms with van der Waals surface area (Å²) >= 11 is 0. The van der Waals surface area contributed by atoms with Crippen molar-refractivity contribution in [1.29, 1.82) is 0 Å². The number of piperidine rings is 1. The fourth-order valence-electron chi connectivity index (χ4n) is 3.11. The molecule has 1 saturated heterocycles. The number of rotatable bonds is 10. The standard InChI is InChI=1S/C17H36N2O2/c1-5-10-18-17(3,14-20)9-6-7-11-19-12-8-15(2)16(13-19)21-4/h15-16,18,20H,5-14H2,1-4H3. The summed E-state index contributed by atoms with van der Waals surface area (Å²) in [6.45, 7) is 11.2. The lowest BCUT2D eigenvalue weighted by molar-refractivity contribution is -0.00544. The van der Waals surface area contributed by atoms with Crippen LogP contribution in [0.3, 0.4) is 0 Å². The molecule has 4 nitrogen and oxygen atoms in total. The smallest absolute Gasteiger partial charge is 0.0724 e. The van der Waals surface area contributed by atoms with E-state index in [4.69, 9.17) is 4.74 Å². The van der Waals surface area contributed by atoms with E-state index >= 15 is 0 Å². The number of aliphatic hydroxyl groups excluding tert-OH is 1. The lowest BCUT2D eigenvalue weighted by Gasteiger charge is -2.36. The summed E-state index contributed by atoms with van der Waals surface area (Å²) in [4.78, 5) is 2.53. The maximum Gasteiger partial charge on any atom is 0.0724 e. The fraction of sp³-hybridized carbons (Fsp3) is 1.00. The van der Waals surface area contributed by atoms with Crippen molar-refractivity contribution in [2.24, 2.45) is 5.92 Å². The maximum atomic E-state index is 9.57. The van der Waals surface area contributed by atoms with Crippen molar-refractivity contribution in [3.8, 4) is 0 Å². The minimum atomic E-state index is -0.110. The Kier molecular flexibility index (Phi) is 8.79. The Morgan fingerprint density at radius 3 is 2.76 bits per heavy atom. The van der Waals surface area contributed by atoms with E-state index in [0.29, 0.717) is 12.0 Å². The molecule has 0 spiro atoms. The second kappa shape index (κ2) is 9.78. The van der Waals surface area contributed by atoms with Gasteiger partial charge < -0.3 is 20.1 Å². The van der Waals surface area contributed by atoms with Crippen molar-refractivity contribution >= 4 is 0 Å². The van der Waals surface area contributed by atoms with E-state index in [0.717, 1.165) is 38.9 Å². The van der Waals surface area contributed by atoms with Crippen LogP contribution in [0.25, 0.3) is 0 Å². The molecule has 0 aromatic rings. The lowest BCUT2D eigenvalue weighted by Crippen LogP contribution is -2.46. The molecule has 3 atom stereocenters. The van der Waals surface area contributed by atoms with Gasteiger partial charge in [0.25, 0.3) is 0 Å². The van der Waals surface area contributed by atoms with Gasteiger partial charge in [-0.25, -0.2) is 0 Å². The maximum absolute atomic E-state index is 9.57. The third-order valence-electron chi connectivity index (χ3n) is 4.88. The number of likely N-dealkylation sites (tertiary alicyclic amines) is 1. The van der Waals surface area contributed by atoms with Crippen LogP contribution in [0.2, 0.25) is 0 Å². The second-order valence-electron chi connectivity index (χ2n) is 6.94. The van der Waals surface area contributed by atoms with E-state index in [1.54, 1.807) is 0 Å². The van der Waals surface area contributed by atoms with Gasteiger partial charge in [-0.3, -0.25) is 0 Å². The molecule has 21 heavy (non-hydrogen) atoms. The van der Waals surface area contributed by atoms with Gasteiger partial charge in [-0.2, -0.15) is 0 Å². The van der Waals surface area contributed by atoms with Crippen LogP contribution < -0.4 is 5.32 Å². The first-order valence-electron chi connectivity index (χ1n) is 8.65. The third-order valence-corrected chi connectivity index (χ3v) is 4.88. The lowest BCUT2D eigenvalue weighted by atomic mass is 9.94. The van der Waals surface area contributed by atoms with Crippen LogP contribution in [0.1, 0.15) is 52.9 Å². The average Bonchev–Trinajstić information content (AvgIpc) is 2.51. The van der Waals surface area contributed by atoms with Crippen molar-refractivity contribution < 1.29 is 9.84 Å². The summed E-state index contributed by atoms with van der Waals surface area (Å²) in [5.41, 5.74) is -0.110. The molecule has 1 rings (SSSR count). The van der Waals surface area contributed by atoms with Crippen molar-refractivity contribution in [3.05, 3.63) is 0 Å². The Bertz CT molecular complexity index is 276. The Hall–Kier alpha value is -0.160. The summed E-state index contributed by atoms with van der Waals surface area (Å²) in [6, 6.07) is 0. The number of nitrogens with one attached hydrogen (secondary N) is 1. The zero-order chi connectivity index (χ0) is 15.7. The molecule has 0 radical (unpaired) electrons. The minimum Gasteiger partial charge on any atom is -0.394 e. The molecule has 1 heterocycles. The predicted octanol–water partition coefficient (Wildman–Crippen LogP) is 2.26. The number of hydrogen-bond acceptors (Lipinski definition) is 4. The number of aliphatic hydroxyl groups is 1. The van der Waals surface area contributed by atoms with Crippen LogP contribution in [-0.2, 0) is 4.74 Å². The molecule has 0 aromatic heterocycles. The molecule has 0 aliphatic carbocycles. The zero-order valence-corrected chi connectivity index (χ0v) is 14.5. The molecular formula is C17H36N2O2. The van der Waals surface area contributed by atoms with Crippen LogP contribution in [-0.4, -0.2) is 61.5 Å². The van der Waals surface area contributed by atoms with Crippen molar-refractivity contribution in [1.82, 2.24) is 10.2 Å². The number of nitrogens with zero attached hydrogens (tertiary/aromatic N) is 1. The summed E-state index contributed by atoms with van der Waals surface area (Å²) in [6.07, 6.45) is 6.16. The molecule has 126 valence electrons. The first-order valence-corrected chi connectivity index (χ1v) is 8.65. The Morgan fingerprint density at radius 1 is 1.38 bits per heavy atom. The van der Waals surface area contributed by atoms with Gasteiger partial charge in [0, 0.05) is 19.2 Å². The Morgan fingerprint density at radius 2 is 2.14 bits per heavy atom. The first kappa shape index (κ1) is 18.9. The molecule has 1 aliphatic rings. The largest absolute Gasteiger partial charge is 0.394 e. The van der Waals surface area contributed by atoms with Gasteiger partial charge in [-0.05, 0) is 58.2 Å². The number of hydrogen-bond donors (Lipinski definition) is 2. The quantitative estimate of drug-likeness (QED) is 0.608. The molecule has 1 aliphatic heterocycles. The van der Waals surface area contributed by atoms with Crippen molar-refractivity contribution in [3.63, 3.8) is 0 Å². The summed E-state index contributed by atoms with van der Waals surface area (Å²) in [5.74, 6) is 0.683. The minimum absolute atomic E-state index is 0.110. The van der Waals surface area contributed by atoms with E-state index in [-0.39, 0.29) is 12.1 Å². The van der Waals surface area contributed by atoms with Gasteiger partial charge in [-0.15, -0.1) is 0 Å². The molecule has 1 fully saturated rings. The van der Waals surface area contributed by atoms with E-state index in [2.05, 4.69) is 31.0 Å². The molecule has 4 heteroatoms. The van der Waals surface area contributed by atoms with E-state index in [9.17, 15) is 5.11 Å². The normalized spacial score (nSPS) is 26.7. The predicted molar refractivity (Wildman–Crippen MR) is 88.7 cm³/mol. The highest BCUT2D eigenvalue weighted by atomic mass is 16.5. The molecule has 0 bridgehead atoms. The first-order chi connectivity index (χ1) is 10.0. The average molecular weight is 300 g/mol. The second-order valence-corrected chi connectivity index (χ2v) is 6.94. The van der Waals surface area contributed by atoms with Crippen LogP contribution in [0, 0.1) is 5.92 Å². The van der Waals surface area contributed by atoms with Gasteiger partial charge in [0.05, 0.1) is 12.7 Å². The van der Waals surface area contributed by atoms with E-state index in [1.165, 1.54) is 19.4 Å². The van der Waals surface area contributed by atoms with Crippen LogP contribution in [0.15, 0.2) is 0 Å². The molecule has 0 amide bonds. The van der Waals surface area contributed by atoms with Gasteiger partial charge in [0.15, 0.2) is 0 Å². The Labute approximate surface area is 131 Å². The highest BCUT2D eigenvalue weighted by Gasteiger charge is 2.26. The molecule has 3 unspecified atom stereocenters. The van der Waals surface area contributed by atoms with Gasteiger partial charge in [0.2, 0.25) is 0 Å². The molecule has 2 N–H and O–H groups in total. The van der Waals surface area contributed by atoms with Gasteiger partial charge in [-0.1, -0.05) is 20.3 Å². The van der Waals surface area contributed by atoms with Gasteiger partial charge in [0.1, 0.15) is 0 Å². The highest BCUT2D eigenvalue weighted by molar-refractivity contribution is 4.83. The summed E-state index contributed by atoms with van der Waals surface area (Å²) in [5, 5.41) is 13.0. The third kappa shape index (κ3) is 6.64. The topological polar surface area (TPSA) is 44.7 Å². The SMILES string of the molecule is CCCNC(C)(CO)CCCCN1CCC(C)C(OC)C1. The molecule has 0 saturated carbocycles. The van der Waals surface area contributed by atoms with Crippen LogP contribution >= 0.6 is 0 Å². The van der Waals surface area contributed by atoms with Crippen molar-refractivity contribution in [2.75, 3.05) is 39.9 Å². The fourth-order valence-corrected chi connectivity index (χ4v) is 3.11. The number of unbranched alkanes of at least 4 members (excludes halogenated alkanes) is 1. The molecule has 0 aromatic carbocycles. The van der Waals surface area contributed by atoms with Crippen LogP contribution in [0.4, 0.5) is 0 Å². The highest BCUT2D eigenvalue weighted by Crippen LogP contribution is 2.20. The summed E-state index contributed by atoms with van der Waals surface area (Å²) < 4.78 is 5.57.